The van der Waals surface area contributed by atoms with Gasteiger partial charge in [-0.1, -0.05) is 31.2 Å². The van der Waals surface area contributed by atoms with Crippen molar-refractivity contribution in [3.63, 3.8) is 0 Å². The van der Waals surface area contributed by atoms with Crippen LogP contribution in [-0.2, 0) is 11.2 Å². The summed E-state index contributed by atoms with van der Waals surface area (Å²) in [5.74, 6) is 0. The van der Waals surface area contributed by atoms with Crippen LogP contribution >= 0.6 is 12.4 Å². The summed E-state index contributed by atoms with van der Waals surface area (Å²) < 4.78 is 5.43. The molecule has 0 saturated carbocycles. The molecule has 1 atom stereocenters. The predicted molar refractivity (Wildman–Crippen MR) is 64.6 cm³/mol. The van der Waals surface area contributed by atoms with Gasteiger partial charge in [-0.05, 0) is 17.5 Å². The maximum absolute atomic E-state index is 5.43. The largest absolute Gasteiger partial charge is 0.378 e. The number of halogens is 1. The summed E-state index contributed by atoms with van der Waals surface area (Å²) in [6.07, 6.45) is 1.11. The first kappa shape index (κ1) is 12.5. The third-order valence-electron chi connectivity index (χ3n) is 2.71. The van der Waals surface area contributed by atoms with E-state index >= 15 is 0 Å². The van der Waals surface area contributed by atoms with E-state index in [1.165, 1.54) is 11.1 Å². The molecule has 0 aromatic heterocycles. The van der Waals surface area contributed by atoms with Gasteiger partial charge >= 0.3 is 0 Å². The molecule has 0 bridgehead atoms. The molecule has 15 heavy (non-hydrogen) atoms. The Hall–Kier alpha value is -0.570. The molecule has 1 aromatic carbocycles. The zero-order valence-electron chi connectivity index (χ0n) is 9.03. The van der Waals surface area contributed by atoms with E-state index in [1.54, 1.807) is 0 Å². The minimum Gasteiger partial charge on any atom is -0.378 e. The van der Waals surface area contributed by atoms with Crippen molar-refractivity contribution in [2.75, 3.05) is 19.8 Å². The van der Waals surface area contributed by atoms with Crippen LogP contribution in [0.4, 0.5) is 0 Å². The fraction of sp³-hybridized carbons (Fsp3) is 0.500. The zero-order valence-corrected chi connectivity index (χ0v) is 9.85. The standard InChI is InChI=1S/C12H17NO.ClH/c1-2-10-3-5-11(6-4-10)12-9-14-8-7-13-12;/h3-6,12-13H,2,7-9H2,1H3;1H/t12-;/m0./s1. The van der Waals surface area contributed by atoms with Crippen molar-refractivity contribution < 1.29 is 4.74 Å². The molecule has 0 amide bonds. The second-order valence-corrected chi connectivity index (χ2v) is 3.68. The van der Waals surface area contributed by atoms with Gasteiger partial charge < -0.3 is 10.1 Å². The number of rotatable bonds is 2. The highest BCUT2D eigenvalue weighted by Gasteiger charge is 2.14. The van der Waals surface area contributed by atoms with Crippen LogP contribution in [0.3, 0.4) is 0 Å². The van der Waals surface area contributed by atoms with Crippen LogP contribution in [0.2, 0.25) is 0 Å². The van der Waals surface area contributed by atoms with Gasteiger partial charge in [-0.25, -0.2) is 0 Å². The average Bonchev–Trinajstić information content (AvgIpc) is 2.30. The molecule has 0 unspecified atom stereocenters. The Morgan fingerprint density at radius 2 is 2.07 bits per heavy atom. The molecule has 0 radical (unpaired) electrons. The molecule has 1 aliphatic rings. The normalized spacial score (nSPS) is 20.7. The van der Waals surface area contributed by atoms with E-state index in [4.69, 9.17) is 4.74 Å². The first-order valence-electron chi connectivity index (χ1n) is 5.30. The van der Waals surface area contributed by atoms with Gasteiger partial charge in [-0.15, -0.1) is 12.4 Å². The van der Waals surface area contributed by atoms with Crippen LogP contribution in [0, 0.1) is 0 Å². The second-order valence-electron chi connectivity index (χ2n) is 3.68. The summed E-state index contributed by atoms with van der Waals surface area (Å²) in [6.45, 7) is 4.77. The minimum absolute atomic E-state index is 0. The fourth-order valence-corrected chi connectivity index (χ4v) is 1.77. The smallest absolute Gasteiger partial charge is 0.0662 e. The number of aryl methyl sites for hydroxylation is 1. The van der Waals surface area contributed by atoms with Gasteiger partial charge in [0.25, 0.3) is 0 Å². The molecule has 1 saturated heterocycles. The van der Waals surface area contributed by atoms with Gasteiger partial charge in [-0.2, -0.15) is 0 Å². The van der Waals surface area contributed by atoms with Gasteiger partial charge in [-0.3, -0.25) is 0 Å². The van der Waals surface area contributed by atoms with Crippen molar-refractivity contribution in [2.24, 2.45) is 0 Å². The Kier molecular flexibility index (Phi) is 5.09. The van der Waals surface area contributed by atoms with E-state index in [0.29, 0.717) is 6.04 Å². The number of hydrogen-bond donors (Lipinski definition) is 1. The van der Waals surface area contributed by atoms with Gasteiger partial charge in [0.1, 0.15) is 0 Å². The topological polar surface area (TPSA) is 21.3 Å². The Labute approximate surface area is 97.4 Å². The lowest BCUT2D eigenvalue weighted by molar-refractivity contribution is 0.0769. The molecule has 1 aromatic rings. The van der Waals surface area contributed by atoms with Crippen molar-refractivity contribution in [1.29, 1.82) is 0 Å². The van der Waals surface area contributed by atoms with Crippen molar-refractivity contribution in [1.82, 2.24) is 5.32 Å². The monoisotopic (exact) mass is 227 g/mol. The number of ether oxygens (including phenoxy) is 1. The van der Waals surface area contributed by atoms with Gasteiger partial charge in [0, 0.05) is 6.54 Å². The molecule has 0 aliphatic carbocycles. The van der Waals surface area contributed by atoms with Crippen LogP contribution < -0.4 is 5.32 Å². The van der Waals surface area contributed by atoms with E-state index in [2.05, 4.69) is 36.5 Å². The van der Waals surface area contributed by atoms with Crippen LogP contribution in [0.15, 0.2) is 24.3 Å². The first-order chi connectivity index (χ1) is 6.90. The maximum Gasteiger partial charge on any atom is 0.0662 e. The number of morpholine rings is 1. The highest BCUT2D eigenvalue weighted by molar-refractivity contribution is 5.85. The molecule has 1 N–H and O–H groups in total. The molecular weight excluding hydrogens is 210 g/mol. The lowest BCUT2D eigenvalue weighted by Crippen LogP contribution is -2.34. The quantitative estimate of drug-likeness (QED) is 0.838. The fourth-order valence-electron chi connectivity index (χ4n) is 1.77. The Bertz CT molecular complexity index is 280. The molecule has 1 heterocycles. The summed E-state index contributed by atoms with van der Waals surface area (Å²) in [5.41, 5.74) is 2.73. The molecule has 2 rings (SSSR count). The van der Waals surface area contributed by atoms with Gasteiger partial charge in [0.15, 0.2) is 0 Å². The van der Waals surface area contributed by atoms with Gasteiger partial charge in [0.2, 0.25) is 0 Å². The molecule has 1 fully saturated rings. The lowest BCUT2D eigenvalue weighted by Gasteiger charge is -2.24. The summed E-state index contributed by atoms with van der Waals surface area (Å²) >= 11 is 0. The van der Waals surface area contributed by atoms with Crippen LogP contribution in [0.5, 0.6) is 0 Å². The molecule has 2 nitrogen and oxygen atoms in total. The van der Waals surface area contributed by atoms with Crippen molar-refractivity contribution >= 4 is 12.4 Å². The van der Waals surface area contributed by atoms with Crippen molar-refractivity contribution in [2.45, 2.75) is 19.4 Å². The predicted octanol–water partition coefficient (Wildman–Crippen LogP) is 2.33. The summed E-state index contributed by atoms with van der Waals surface area (Å²) in [7, 11) is 0. The average molecular weight is 228 g/mol. The summed E-state index contributed by atoms with van der Waals surface area (Å²) in [4.78, 5) is 0. The lowest BCUT2D eigenvalue weighted by atomic mass is 10.0. The van der Waals surface area contributed by atoms with Crippen LogP contribution in [0.25, 0.3) is 0 Å². The Balaban J connectivity index is 0.00000112. The third kappa shape index (κ3) is 3.20. The maximum atomic E-state index is 5.43. The second kappa shape index (κ2) is 6.11. The number of benzene rings is 1. The van der Waals surface area contributed by atoms with E-state index in [-0.39, 0.29) is 12.4 Å². The molecular formula is C12H18ClNO. The summed E-state index contributed by atoms with van der Waals surface area (Å²) in [5, 5.41) is 3.45. The van der Waals surface area contributed by atoms with Crippen molar-refractivity contribution in [3.8, 4) is 0 Å². The van der Waals surface area contributed by atoms with Crippen molar-refractivity contribution in [3.05, 3.63) is 35.4 Å². The Morgan fingerprint density at radius 1 is 1.33 bits per heavy atom. The summed E-state index contributed by atoms with van der Waals surface area (Å²) in [6, 6.07) is 9.18. The van der Waals surface area contributed by atoms with E-state index in [9.17, 15) is 0 Å². The molecule has 3 heteroatoms. The first-order valence-corrected chi connectivity index (χ1v) is 5.30. The Morgan fingerprint density at radius 3 is 2.60 bits per heavy atom. The van der Waals surface area contributed by atoms with Gasteiger partial charge in [0.05, 0.1) is 19.3 Å². The van der Waals surface area contributed by atoms with E-state index in [1.807, 2.05) is 0 Å². The SMILES string of the molecule is CCc1ccc([C@@H]2COCCN2)cc1.Cl. The molecule has 84 valence electrons. The highest BCUT2D eigenvalue weighted by Crippen LogP contribution is 2.16. The zero-order chi connectivity index (χ0) is 9.80. The number of hydrogen-bond acceptors (Lipinski definition) is 2. The highest BCUT2D eigenvalue weighted by atomic mass is 35.5. The van der Waals surface area contributed by atoms with E-state index in [0.717, 1.165) is 26.2 Å². The molecule has 0 spiro atoms. The van der Waals surface area contributed by atoms with Crippen LogP contribution in [-0.4, -0.2) is 19.8 Å². The third-order valence-corrected chi connectivity index (χ3v) is 2.71. The minimum atomic E-state index is 0. The number of nitrogens with one attached hydrogen (secondary N) is 1. The van der Waals surface area contributed by atoms with E-state index < -0.39 is 0 Å². The molecule has 1 aliphatic heterocycles. The van der Waals surface area contributed by atoms with Crippen LogP contribution in [0.1, 0.15) is 24.1 Å².